The van der Waals surface area contributed by atoms with Gasteiger partial charge in [-0.2, -0.15) is 0 Å². The van der Waals surface area contributed by atoms with Crippen molar-refractivity contribution in [2.24, 2.45) is 10.9 Å². The number of rotatable bonds is 17. The van der Waals surface area contributed by atoms with E-state index in [1.807, 2.05) is 6.07 Å². The average Bonchev–Trinajstić information content (AvgIpc) is 3.01. The van der Waals surface area contributed by atoms with Gasteiger partial charge >= 0.3 is 11.9 Å². The molecule has 2 aromatic rings. The largest absolute Gasteiger partial charge is 0.493 e. The summed E-state index contributed by atoms with van der Waals surface area (Å²) in [5.74, 6) is -2.91. The maximum atomic E-state index is 12.9. The first kappa shape index (κ1) is 34.4. The molecule has 0 radical (unpaired) electrons. The first-order valence-corrected chi connectivity index (χ1v) is 14.8. The Hall–Kier alpha value is -4.09. The van der Waals surface area contributed by atoms with E-state index >= 15 is 0 Å². The number of non-ortho nitro benzene ring substituents is 1. The number of esters is 2. The molecule has 11 heteroatoms. The number of carbonyl (C=O) groups excluding carboxylic acids is 2. The molecule has 0 N–H and O–H groups in total. The summed E-state index contributed by atoms with van der Waals surface area (Å²) in [6.45, 7) is 6.82. The zero-order chi connectivity index (χ0) is 32.1. The van der Waals surface area contributed by atoms with Crippen molar-refractivity contribution in [1.29, 1.82) is 0 Å². The predicted molar refractivity (Wildman–Crippen MR) is 167 cm³/mol. The summed E-state index contributed by atoms with van der Waals surface area (Å²) in [5.41, 5.74) is 2.32. The number of allylic oxidation sites excluding steroid dienone is 1. The van der Waals surface area contributed by atoms with Crippen molar-refractivity contribution in [2.75, 3.05) is 47.6 Å². The third-order valence-corrected chi connectivity index (χ3v) is 7.54. The third kappa shape index (κ3) is 9.45. The van der Waals surface area contributed by atoms with Crippen molar-refractivity contribution in [1.82, 2.24) is 4.90 Å². The highest BCUT2D eigenvalue weighted by Crippen LogP contribution is 2.44. The number of nitro benzene ring substituents is 1. The summed E-state index contributed by atoms with van der Waals surface area (Å²) in [6.07, 6.45) is 3.47. The summed E-state index contributed by atoms with van der Waals surface area (Å²) in [4.78, 5) is 43.7. The molecule has 1 aliphatic rings. The minimum absolute atomic E-state index is 0.124. The maximum Gasteiger partial charge on any atom is 0.336 e. The van der Waals surface area contributed by atoms with Gasteiger partial charge in [-0.15, -0.1) is 0 Å². The van der Waals surface area contributed by atoms with E-state index in [0.29, 0.717) is 49.0 Å². The predicted octanol–water partition coefficient (Wildman–Crippen LogP) is 5.48. The molecule has 0 bridgehead atoms. The molecule has 44 heavy (non-hydrogen) atoms. The van der Waals surface area contributed by atoms with Gasteiger partial charge in [0.15, 0.2) is 0 Å². The fraction of sp³-hybridized carbons (Fsp3) is 0.485. The van der Waals surface area contributed by atoms with Crippen LogP contribution in [-0.4, -0.2) is 75.1 Å². The molecule has 2 unspecified atom stereocenters. The standard InChI is InChI=1S/C33H43N3O8/c1-23-29(32(37)41-4)31(30(24(2)34-23)33(38)42-5)27-21-26(36(39)40)15-16-28(27)44-20-12-11-19-43-18-10-9-17-35(3)22-25-13-7-6-8-14-25/h6-8,13-16,21,29,31H,9-12,17-20,22H2,1-5H3. The third-order valence-electron chi connectivity index (χ3n) is 7.54. The van der Waals surface area contributed by atoms with E-state index in [2.05, 4.69) is 41.2 Å². The van der Waals surface area contributed by atoms with Gasteiger partial charge in [-0.05, 0) is 64.8 Å². The van der Waals surface area contributed by atoms with Crippen LogP contribution < -0.4 is 4.74 Å². The number of carbonyl (C=O) groups is 2. The number of hydrogen-bond acceptors (Lipinski definition) is 10. The Kier molecular flexibility index (Phi) is 13.5. The van der Waals surface area contributed by atoms with E-state index in [-0.39, 0.29) is 11.3 Å². The molecule has 2 aromatic carbocycles. The van der Waals surface area contributed by atoms with Crippen LogP contribution in [0.4, 0.5) is 5.69 Å². The Labute approximate surface area is 259 Å². The van der Waals surface area contributed by atoms with Crippen molar-refractivity contribution in [3.8, 4) is 5.75 Å². The first-order chi connectivity index (χ1) is 21.2. The minimum Gasteiger partial charge on any atom is -0.493 e. The van der Waals surface area contributed by atoms with Gasteiger partial charge < -0.3 is 23.8 Å². The SMILES string of the molecule is COC(=O)C1=C(C)N=C(C)C(C(=O)OC)C1c1cc([N+](=O)[O-])ccc1OCCCCOCCCCN(C)Cc1ccccc1. The molecule has 0 saturated heterocycles. The molecule has 11 nitrogen and oxygen atoms in total. The molecular weight excluding hydrogens is 566 g/mol. The molecule has 0 aromatic heterocycles. The van der Waals surface area contributed by atoms with Crippen LogP contribution in [0.25, 0.3) is 0 Å². The van der Waals surface area contributed by atoms with Crippen molar-refractivity contribution in [2.45, 2.75) is 52.0 Å². The van der Waals surface area contributed by atoms with E-state index < -0.39 is 28.7 Å². The van der Waals surface area contributed by atoms with E-state index in [1.165, 1.54) is 38.0 Å². The Morgan fingerprint density at radius 3 is 2.30 bits per heavy atom. The van der Waals surface area contributed by atoms with Crippen LogP contribution in [0.5, 0.6) is 5.75 Å². The molecule has 3 rings (SSSR count). The van der Waals surface area contributed by atoms with Crippen LogP contribution in [-0.2, 0) is 30.3 Å². The van der Waals surface area contributed by atoms with Gasteiger partial charge in [-0.25, -0.2) is 4.79 Å². The van der Waals surface area contributed by atoms with Crippen LogP contribution in [0.3, 0.4) is 0 Å². The van der Waals surface area contributed by atoms with E-state index in [4.69, 9.17) is 18.9 Å². The lowest BCUT2D eigenvalue weighted by atomic mass is 9.75. The molecule has 1 heterocycles. The summed E-state index contributed by atoms with van der Waals surface area (Å²) in [5, 5.41) is 11.7. The summed E-state index contributed by atoms with van der Waals surface area (Å²) < 4.78 is 21.9. The normalized spacial score (nSPS) is 16.5. The highest BCUT2D eigenvalue weighted by atomic mass is 16.6. The zero-order valence-electron chi connectivity index (χ0n) is 26.2. The fourth-order valence-electron chi connectivity index (χ4n) is 5.35. The second-order valence-corrected chi connectivity index (χ2v) is 10.8. The number of hydrogen-bond donors (Lipinski definition) is 0. The molecule has 0 saturated carbocycles. The molecule has 1 aliphatic heterocycles. The molecule has 0 aliphatic carbocycles. The monoisotopic (exact) mass is 609 g/mol. The number of unbranched alkanes of at least 4 members (excludes halogenated alkanes) is 2. The second kappa shape index (κ2) is 17.3. The Balaban J connectivity index is 1.57. The number of benzene rings is 2. The van der Waals surface area contributed by atoms with Gasteiger partial charge in [0.25, 0.3) is 5.69 Å². The average molecular weight is 610 g/mol. The zero-order valence-corrected chi connectivity index (χ0v) is 26.2. The molecular formula is C33H43N3O8. The van der Waals surface area contributed by atoms with Gasteiger partial charge in [0, 0.05) is 54.8 Å². The lowest BCUT2D eigenvalue weighted by Gasteiger charge is -2.31. The maximum absolute atomic E-state index is 12.9. The number of nitrogens with zero attached hydrogens (tertiary/aromatic N) is 3. The van der Waals surface area contributed by atoms with Crippen LogP contribution >= 0.6 is 0 Å². The number of ether oxygens (including phenoxy) is 4. The topological polar surface area (TPSA) is 130 Å². The first-order valence-electron chi connectivity index (χ1n) is 14.8. The Morgan fingerprint density at radius 1 is 0.955 bits per heavy atom. The lowest BCUT2D eigenvalue weighted by Crippen LogP contribution is -2.36. The fourth-order valence-corrected chi connectivity index (χ4v) is 5.35. The quantitative estimate of drug-likeness (QED) is 0.0991. The van der Waals surface area contributed by atoms with Crippen molar-refractivity contribution >= 4 is 23.3 Å². The summed E-state index contributed by atoms with van der Waals surface area (Å²) >= 11 is 0. The second-order valence-electron chi connectivity index (χ2n) is 10.8. The number of nitro groups is 1. The number of methoxy groups -OCH3 is 2. The number of aliphatic imine (C=N–C) groups is 1. The van der Waals surface area contributed by atoms with Gasteiger partial charge in [0.05, 0.1) is 31.3 Å². The molecule has 238 valence electrons. The van der Waals surface area contributed by atoms with E-state index in [1.54, 1.807) is 13.8 Å². The lowest BCUT2D eigenvalue weighted by molar-refractivity contribution is -0.385. The Morgan fingerprint density at radius 2 is 1.64 bits per heavy atom. The van der Waals surface area contributed by atoms with Crippen molar-refractivity contribution < 1.29 is 33.5 Å². The van der Waals surface area contributed by atoms with Gasteiger partial charge in [0.1, 0.15) is 11.7 Å². The van der Waals surface area contributed by atoms with Crippen molar-refractivity contribution in [3.63, 3.8) is 0 Å². The van der Waals surface area contributed by atoms with Crippen LogP contribution in [0.2, 0.25) is 0 Å². The molecule has 0 amide bonds. The van der Waals surface area contributed by atoms with Crippen LogP contribution in [0, 0.1) is 16.0 Å². The van der Waals surface area contributed by atoms with Gasteiger partial charge in [0.2, 0.25) is 0 Å². The highest BCUT2D eigenvalue weighted by molar-refractivity contribution is 6.07. The van der Waals surface area contributed by atoms with Gasteiger partial charge in [-0.1, -0.05) is 30.3 Å². The summed E-state index contributed by atoms with van der Waals surface area (Å²) in [7, 11) is 4.60. The van der Waals surface area contributed by atoms with E-state index in [9.17, 15) is 19.7 Å². The van der Waals surface area contributed by atoms with Crippen LogP contribution in [0.15, 0.2) is 64.8 Å². The molecule has 0 spiro atoms. The molecule has 0 fully saturated rings. The Bertz CT molecular complexity index is 1340. The van der Waals surface area contributed by atoms with Gasteiger partial charge in [-0.3, -0.25) is 19.9 Å². The molecule has 2 atom stereocenters. The smallest absolute Gasteiger partial charge is 0.336 e. The van der Waals surface area contributed by atoms with Crippen molar-refractivity contribution in [3.05, 3.63) is 81.0 Å². The minimum atomic E-state index is -0.992. The van der Waals surface area contributed by atoms with E-state index in [0.717, 1.165) is 32.4 Å². The van der Waals surface area contributed by atoms with Crippen LogP contribution in [0.1, 0.15) is 56.6 Å². The summed E-state index contributed by atoms with van der Waals surface area (Å²) in [6, 6.07) is 14.6. The highest BCUT2D eigenvalue weighted by Gasteiger charge is 2.43.